The third-order valence-electron chi connectivity index (χ3n) is 5.63. The van der Waals surface area contributed by atoms with E-state index in [0.717, 1.165) is 33.4 Å². The zero-order valence-corrected chi connectivity index (χ0v) is 15.6. The van der Waals surface area contributed by atoms with Crippen LogP contribution >= 0.6 is 0 Å². The summed E-state index contributed by atoms with van der Waals surface area (Å²) in [5.41, 5.74) is 5.07. The van der Waals surface area contributed by atoms with Crippen molar-refractivity contribution in [2.75, 3.05) is 11.9 Å². The molecule has 5 rings (SSSR count). The van der Waals surface area contributed by atoms with Crippen LogP contribution in [0, 0.1) is 0 Å². The van der Waals surface area contributed by atoms with Crippen LogP contribution in [0.25, 0.3) is 10.9 Å². The van der Waals surface area contributed by atoms with Gasteiger partial charge >= 0.3 is 0 Å². The largest absolute Gasteiger partial charge is 0.508 e. The van der Waals surface area contributed by atoms with Crippen LogP contribution in [0.5, 0.6) is 5.75 Å². The van der Waals surface area contributed by atoms with Crippen molar-refractivity contribution in [1.29, 1.82) is 0 Å². The van der Waals surface area contributed by atoms with E-state index >= 15 is 0 Å². The van der Waals surface area contributed by atoms with E-state index in [1.54, 1.807) is 18.2 Å². The third-order valence-corrected chi connectivity index (χ3v) is 5.63. The molecule has 6 heteroatoms. The van der Waals surface area contributed by atoms with Crippen LogP contribution in [-0.2, 0) is 16.6 Å². The molecule has 2 aromatic carbocycles. The van der Waals surface area contributed by atoms with Crippen LogP contribution < -0.4 is 5.32 Å². The lowest BCUT2D eigenvalue weighted by atomic mass is 9.84. The lowest BCUT2D eigenvalue weighted by Crippen LogP contribution is -2.33. The standard InChI is InChI=1S/C22H19N3O3/c1-12(26)25-11-17-21(22(25)28)19(13-5-3-6-14(27)9-13)15-10-24(2)18-8-4-7-16(23-17)20(15)18/h3-10,19,23,27H,11H2,1-2H3/t19-/m1/s1. The number of nitrogens with zero attached hydrogens (tertiary/aromatic N) is 2. The van der Waals surface area contributed by atoms with Gasteiger partial charge in [0.15, 0.2) is 0 Å². The van der Waals surface area contributed by atoms with E-state index in [1.165, 1.54) is 11.8 Å². The molecule has 0 bridgehead atoms. The zero-order valence-electron chi connectivity index (χ0n) is 15.6. The third kappa shape index (κ3) is 2.21. The zero-order chi connectivity index (χ0) is 19.6. The fourth-order valence-corrected chi connectivity index (χ4v) is 4.42. The summed E-state index contributed by atoms with van der Waals surface area (Å²) in [4.78, 5) is 26.5. The summed E-state index contributed by atoms with van der Waals surface area (Å²) in [6.07, 6.45) is 2.03. The van der Waals surface area contributed by atoms with Gasteiger partial charge in [-0.3, -0.25) is 14.5 Å². The van der Waals surface area contributed by atoms with Crippen LogP contribution in [0.15, 0.2) is 59.9 Å². The second-order valence-electron chi connectivity index (χ2n) is 7.35. The van der Waals surface area contributed by atoms with E-state index < -0.39 is 0 Å². The quantitative estimate of drug-likeness (QED) is 0.687. The van der Waals surface area contributed by atoms with Gasteiger partial charge < -0.3 is 15.0 Å². The molecule has 1 atom stereocenters. The van der Waals surface area contributed by atoms with Crippen LogP contribution in [0.2, 0.25) is 0 Å². The molecular formula is C22H19N3O3. The number of benzene rings is 2. The maximum Gasteiger partial charge on any atom is 0.259 e. The average Bonchev–Trinajstić information content (AvgIpc) is 3.10. The van der Waals surface area contributed by atoms with E-state index in [4.69, 9.17) is 0 Å². The minimum absolute atomic E-state index is 0.145. The molecule has 0 aliphatic carbocycles. The van der Waals surface area contributed by atoms with Crippen molar-refractivity contribution in [3.8, 4) is 5.75 Å². The summed E-state index contributed by atoms with van der Waals surface area (Å²) in [5, 5.41) is 14.5. The van der Waals surface area contributed by atoms with Crippen molar-refractivity contribution in [2.24, 2.45) is 7.05 Å². The van der Waals surface area contributed by atoms with Crippen LogP contribution in [0.4, 0.5) is 5.69 Å². The van der Waals surface area contributed by atoms with Crippen LogP contribution in [-0.4, -0.2) is 32.9 Å². The molecule has 3 aromatic rings. The Morgan fingerprint density at radius 3 is 2.75 bits per heavy atom. The molecule has 140 valence electrons. The Morgan fingerprint density at radius 2 is 2.00 bits per heavy atom. The van der Waals surface area contributed by atoms with Crippen molar-refractivity contribution >= 4 is 28.4 Å². The highest BCUT2D eigenvalue weighted by molar-refractivity contribution is 6.11. The number of aromatic hydroxyl groups is 1. The number of carbonyl (C=O) groups is 2. The number of phenolic OH excluding ortho intramolecular Hbond substituents is 1. The average molecular weight is 373 g/mol. The first-order valence-corrected chi connectivity index (χ1v) is 9.15. The monoisotopic (exact) mass is 373 g/mol. The molecule has 2 N–H and O–H groups in total. The lowest BCUT2D eigenvalue weighted by Gasteiger charge is -2.19. The van der Waals surface area contributed by atoms with Gasteiger partial charge in [0, 0.05) is 42.9 Å². The predicted octanol–water partition coefficient (Wildman–Crippen LogP) is 3.08. The van der Waals surface area contributed by atoms with Crippen molar-refractivity contribution < 1.29 is 14.7 Å². The van der Waals surface area contributed by atoms with E-state index in [-0.39, 0.29) is 30.0 Å². The molecule has 0 unspecified atom stereocenters. The van der Waals surface area contributed by atoms with Gasteiger partial charge in [-0.05, 0) is 35.4 Å². The van der Waals surface area contributed by atoms with Gasteiger partial charge in [0.25, 0.3) is 5.91 Å². The van der Waals surface area contributed by atoms with Gasteiger partial charge in [0.1, 0.15) is 5.75 Å². The van der Waals surface area contributed by atoms with E-state index in [9.17, 15) is 14.7 Å². The molecule has 0 fully saturated rings. The summed E-state index contributed by atoms with van der Waals surface area (Å²) < 4.78 is 2.04. The predicted molar refractivity (Wildman–Crippen MR) is 106 cm³/mol. The van der Waals surface area contributed by atoms with Crippen molar-refractivity contribution in [3.05, 3.63) is 71.1 Å². The number of amides is 2. The van der Waals surface area contributed by atoms with Gasteiger partial charge in [-0.1, -0.05) is 18.2 Å². The number of nitrogens with one attached hydrogen (secondary N) is 1. The minimum atomic E-state index is -0.376. The molecule has 0 saturated carbocycles. The number of phenols is 1. The molecule has 0 saturated heterocycles. The highest BCUT2D eigenvalue weighted by Gasteiger charge is 2.41. The van der Waals surface area contributed by atoms with Crippen molar-refractivity contribution in [3.63, 3.8) is 0 Å². The molecule has 3 heterocycles. The second-order valence-corrected chi connectivity index (χ2v) is 7.35. The fraction of sp³-hybridized carbons (Fsp3) is 0.182. The van der Waals surface area contributed by atoms with Gasteiger partial charge in [-0.2, -0.15) is 0 Å². The number of hydrogen-bond acceptors (Lipinski definition) is 4. The van der Waals surface area contributed by atoms with Crippen LogP contribution in [0.1, 0.15) is 24.0 Å². The number of aryl methyl sites for hydroxylation is 1. The Kier molecular flexibility index (Phi) is 3.40. The number of anilines is 1. The number of carbonyl (C=O) groups excluding carboxylic acids is 2. The molecule has 2 amide bonds. The molecule has 0 radical (unpaired) electrons. The van der Waals surface area contributed by atoms with Gasteiger partial charge in [0.05, 0.1) is 17.6 Å². The molecular weight excluding hydrogens is 354 g/mol. The van der Waals surface area contributed by atoms with E-state index in [2.05, 4.69) is 5.32 Å². The van der Waals surface area contributed by atoms with Crippen molar-refractivity contribution in [1.82, 2.24) is 9.47 Å². The SMILES string of the molecule is CC(=O)N1CC2=C(C1=O)[C@H](c1cccc(O)c1)c1cn(C)c3cccc(c13)N2. The number of rotatable bonds is 1. The molecule has 0 spiro atoms. The highest BCUT2D eigenvalue weighted by Crippen LogP contribution is 2.46. The number of aromatic nitrogens is 1. The maximum absolute atomic E-state index is 13.2. The van der Waals surface area contributed by atoms with E-state index in [1.807, 2.05) is 42.1 Å². The lowest BCUT2D eigenvalue weighted by molar-refractivity contribution is -0.139. The molecule has 2 aliphatic rings. The maximum atomic E-state index is 13.2. The molecule has 1 aromatic heterocycles. The molecule has 6 nitrogen and oxygen atoms in total. The Bertz CT molecular complexity index is 1200. The molecule has 28 heavy (non-hydrogen) atoms. The Morgan fingerprint density at radius 1 is 1.21 bits per heavy atom. The summed E-state index contributed by atoms with van der Waals surface area (Å²) in [5.74, 6) is -0.792. The van der Waals surface area contributed by atoms with Crippen molar-refractivity contribution in [2.45, 2.75) is 12.8 Å². The number of hydrogen-bond donors (Lipinski definition) is 2. The second kappa shape index (κ2) is 5.73. The fourth-order valence-electron chi connectivity index (χ4n) is 4.42. The Labute approximate surface area is 161 Å². The van der Waals surface area contributed by atoms with Gasteiger partial charge in [-0.25, -0.2) is 0 Å². The summed E-state index contributed by atoms with van der Waals surface area (Å²) in [6, 6.07) is 13.0. The normalized spacial score (nSPS) is 18.3. The molecule has 2 aliphatic heterocycles. The smallest absolute Gasteiger partial charge is 0.259 e. The first-order valence-electron chi connectivity index (χ1n) is 9.15. The van der Waals surface area contributed by atoms with Crippen LogP contribution in [0.3, 0.4) is 0 Å². The van der Waals surface area contributed by atoms with Gasteiger partial charge in [-0.15, -0.1) is 0 Å². The first kappa shape index (κ1) is 16.6. The Hall–Kier alpha value is -3.54. The summed E-state index contributed by atoms with van der Waals surface area (Å²) in [6.45, 7) is 1.63. The summed E-state index contributed by atoms with van der Waals surface area (Å²) >= 11 is 0. The van der Waals surface area contributed by atoms with Gasteiger partial charge in [0.2, 0.25) is 5.91 Å². The minimum Gasteiger partial charge on any atom is -0.508 e. The summed E-state index contributed by atoms with van der Waals surface area (Å²) in [7, 11) is 1.98. The Balaban J connectivity index is 1.83. The topological polar surface area (TPSA) is 74.6 Å². The van der Waals surface area contributed by atoms with E-state index in [0.29, 0.717) is 5.57 Å². The highest BCUT2D eigenvalue weighted by atomic mass is 16.3. The first-order chi connectivity index (χ1) is 13.5. The number of imide groups is 1.